The molecule has 0 atom stereocenters. The quantitative estimate of drug-likeness (QED) is 0.154. The predicted molar refractivity (Wildman–Crippen MR) is 172 cm³/mol. The summed E-state index contributed by atoms with van der Waals surface area (Å²) >= 11 is 0. The number of anilines is 2. The van der Waals surface area contributed by atoms with Crippen LogP contribution in [0.5, 0.6) is 23.0 Å². The maximum absolute atomic E-state index is 13.7. The summed E-state index contributed by atoms with van der Waals surface area (Å²) in [6.45, 7) is 0. The number of aromatic hydroxyl groups is 2. The van der Waals surface area contributed by atoms with Crippen LogP contribution < -0.4 is 20.1 Å². The van der Waals surface area contributed by atoms with Crippen molar-refractivity contribution in [3.63, 3.8) is 0 Å². The number of benzene rings is 6. The van der Waals surface area contributed by atoms with Crippen LogP contribution in [0.4, 0.5) is 11.4 Å². The van der Waals surface area contributed by atoms with Crippen LogP contribution in [-0.2, 0) is 0 Å². The van der Waals surface area contributed by atoms with Gasteiger partial charge in [0.15, 0.2) is 0 Å². The van der Waals surface area contributed by atoms with E-state index in [1.807, 2.05) is 24.3 Å². The number of para-hydroxylation sites is 4. The smallest absolute Gasteiger partial charge is 0.259 e. The number of rotatable bonds is 7. The van der Waals surface area contributed by atoms with E-state index in [0.29, 0.717) is 44.4 Å². The first kappa shape index (κ1) is 28.1. The first-order chi connectivity index (χ1) is 21.4. The molecule has 0 bridgehead atoms. The number of hydrogen-bond donors (Lipinski definition) is 4. The van der Waals surface area contributed by atoms with Crippen LogP contribution in [0.1, 0.15) is 20.7 Å². The summed E-state index contributed by atoms with van der Waals surface area (Å²) in [4.78, 5) is 27.3. The molecule has 0 aliphatic carbocycles. The van der Waals surface area contributed by atoms with E-state index in [2.05, 4.69) is 10.6 Å². The van der Waals surface area contributed by atoms with Gasteiger partial charge in [0.2, 0.25) is 0 Å². The molecule has 0 aliphatic rings. The Bertz CT molecular complexity index is 1920. The molecule has 0 saturated heterocycles. The molecule has 6 aromatic carbocycles. The van der Waals surface area contributed by atoms with E-state index in [0.717, 1.165) is 0 Å². The lowest BCUT2D eigenvalue weighted by Crippen LogP contribution is -2.14. The van der Waals surface area contributed by atoms with E-state index in [-0.39, 0.29) is 33.8 Å². The Morgan fingerprint density at radius 1 is 0.545 bits per heavy atom. The van der Waals surface area contributed by atoms with Gasteiger partial charge in [0, 0.05) is 11.1 Å². The van der Waals surface area contributed by atoms with Crippen molar-refractivity contribution in [3.05, 3.63) is 120 Å². The van der Waals surface area contributed by atoms with Crippen LogP contribution >= 0.6 is 0 Å². The number of amides is 2. The van der Waals surface area contributed by atoms with Crippen molar-refractivity contribution >= 4 is 44.7 Å². The summed E-state index contributed by atoms with van der Waals surface area (Å²) in [5.74, 6) is -0.934. The molecule has 8 heteroatoms. The Labute approximate surface area is 253 Å². The molecule has 0 aliphatic heterocycles. The van der Waals surface area contributed by atoms with Gasteiger partial charge in [-0.1, -0.05) is 72.8 Å². The number of nitrogens with one attached hydrogen (secondary N) is 2. The molecule has 0 saturated carbocycles. The van der Waals surface area contributed by atoms with Gasteiger partial charge >= 0.3 is 0 Å². The van der Waals surface area contributed by atoms with Gasteiger partial charge in [0.05, 0.1) is 36.7 Å². The van der Waals surface area contributed by atoms with Gasteiger partial charge in [-0.3, -0.25) is 9.59 Å². The van der Waals surface area contributed by atoms with Gasteiger partial charge in [0.25, 0.3) is 11.8 Å². The lowest BCUT2D eigenvalue weighted by atomic mass is 9.88. The monoisotopic (exact) mass is 584 g/mol. The molecular formula is C36H28N2O6. The zero-order chi connectivity index (χ0) is 30.8. The average Bonchev–Trinajstić information content (AvgIpc) is 3.05. The number of phenols is 2. The van der Waals surface area contributed by atoms with Crippen LogP contribution in [0.3, 0.4) is 0 Å². The molecule has 8 nitrogen and oxygen atoms in total. The number of fused-ring (bicyclic) bond motifs is 2. The second-order valence-electron chi connectivity index (χ2n) is 10.0. The fraction of sp³-hybridized carbons (Fsp3) is 0.0556. The van der Waals surface area contributed by atoms with Crippen molar-refractivity contribution in [2.75, 3.05) is 24.9 Å². The van der Waals surface area contributed by atoms with Gasteiger partial charge < -0.3 is 30.3 Å². The van der Waals surface area contributed by atoms with E-state index >= 15 is 0 Å². The average molecular weight is 585 g/mol. The topological polar surface area (TPSA) is 117 Å². The number of methoxy groups -OCH3 is 2. The van der Waals surface area contributed by atoms with Crippen molar-refractivity contribution in [1.82, 2.24) is 0 Å². The zero-order valence-electron chi connectivity index (χ0n) is 23.9. The van der Waals surface area contributed by atoms with Crippen molar-refractivity contribution < 1.29 is 29.3 Å². The summed E-state index contributed by atoms with van der Waals surface area (Å²) in [5, 5.41) is 31.7. The molecule has 44 heavy (non-hydrogen) atoms. The maximum atomic E-state index is 13.7. The van der Waals surface area contributed by atoms with Gasteiger partial charge in [-0.05, 0) is 57.9 Å². The fourth-order valence-corrected chi connectivity index (χ4v) is 5.40. The number of hydrogen-bond acceptors (Lipinski definition) is 6. The third-order valence-corrected chi connectivity index (χ3v) is 7.49. The molecular weight excluding hydrogens is 556 g/mol. The Morgan fingerprint density at radius 2 is 0.909 bits per heavy atom. The Balaban J connectivity index is 1.56. The third-order valence-electron chi connectivity index (χ3n) is 7.49. The molecule has 2 amide bonds. The molecule has 6 aromatic rings. The van der Waals surface area contributed by atoms with E-state index in [1.165, 1.54) is 14.2 Å². The normalized spacial score (nSPS) is 10.9. The number of phenolic OH excluding ortho intramolecular Hbond substituents is 2. The highest BCUT2D eigenvalue weighted by Crippen LogP contribution is 2.48. The molecule has 0 heterocycles. The second-order valence-corrected chi connectivity index (χ2v) is 10.0. The van der Waals surface area contributed by atoms with Crippen LogP contribution in [0.2, 0.25) is 0 Å². The number of ether oxygens (including phenoxy) is 2. The zero-order valence-corrected chi connectivity index (χ0v) is 23.9. The fourth-order valence-electron chi connectivity index (χ4n) is 5.40. The highest BCUT2D eigenvalue weighted by molar-refractivity contribution is 6.19. The van der Waals surface area contributed by atoms with E-state index in [4.69, 9.17) is 9.47 Å². The van der Waals surface area contributed by atoms with Gasteiger partial charge in [-0.15, -0.1) is 0 Å². The summed E-state index contributed by atoms with van der Waals surface area (Å²) in [6.07, 6.45) is 0. The first-order valence-electron chi connectivity index (χ1n) is 13.8. The Morgan fingerprint density at radius 3 is 1.32 bits per heavy atom. The predicted octanol–water partition coefficient (Wildman–Crippen LogP) is 7.59. The lowest BCUT2D eigenvalue weighted by Gasteiger charge is -2.19. The summed E-state index contributed by atoms with van der Waals surface area (Å²) in [7, 11) is 3.00. The van der Waals surface area contributed by atoms with Crippen LogP contribution in [0.15, 0.2) is 109 Å². The van der Waals surface area contributed by atoms with Gasteiger partial charge in [-0.2, -0.15) is 0 Å². The standard InChI is InChI=1S/C36H28N2O6/c1-43-29-17-9-7-15-27(29)37-35(41)25-19-21-11-3-5-13-23(21)31(33(25)39)32-24-14-6-4-12-22(24)20-26(34(32)40)36(42)38-28-16-8-10-18-30(28)44-2/h3-20,39-40H,1-2H3,(H,37,41)(H,38,42). The highest BCUT2D eigenvalue weighted by Gasteiger charge is 2.26. The van der Waals surface area contributed by atoms with Crippen molar-refractivity contribution in [2.45, 2.75) is 0 Å². The lowest BCUT2D eigenvalue weighted by molar-refractivity contribution is 0.101. The molecule has 0 fully saturated rings. The molecule has 218 valence electrons. The number of carbonyl (C=O) groups excluding carboxylic acids is 2. The molecule has 0 spiro atoms. The summed E-state index contributed by atoms with van der Waals surface area (Å²) in [5.41, 5.74) is 1.26. The second kappa shape index (κ2) is 11.7. The Hall–Kier alpha value is -6.02. The number of carbonyl (C=O) groups is 2. The van der Waals surface area contributed by atoms with Crippen molar-refractivity contribution in [2.24, 2.45) is 0 Å². The molecule has 0 unspecified atom stereocenters. The maximum Gasteiger partial charge on any atom is 0.259 e. The Kier molecular flexibility index (Phi) is 7.47. The highest BCUT2D eigenvalue weighted by atomic mass is 16.5. The third kappa shape index (κ3) is 4.98. The van der Waals surface area contributed by atoms with Crippen molar-refractivity contribution in [3.8, 4) is 34.1 Å². The molecule has 0 radical (unpaired) electrons. The van der Waals surface area contributed by atoms with Crippen molar-refractivity contribution in [1.29, 1.82) is 0 Å². The minimum Gasteiger partial charge on any atom is -0.506 e. The summed E-state index contributed by atoms with van der Waals surface area (Å²) in [6, 6.07) is 31.6. The SMILES string of the molecule is COc1ccccc1NC(=O)c1cc2ccccc2c(-c2c(O)c(C(=O)Nc3ccccc3OC)cc3ccccc23)c1O. The van der Waals surface area contributed by atoms with E-state index in [9.17, 15) is 19.8 Å². The summed E-state index contributed by atoms with van der Waals surface area (Å²) < 4.78 is 10.8. The van der Waals surface area contributed by atoms with Crippen LogP contribution in [-0.4, -0.2) is 36.2 Å². The van der Waals surface area contributed by atoms with E-state index in [1.54, 1.807) is 84.9 Å². The molecule has 4 N–H and O–H groups in total. The minimum absolute atomic E-state index is 0.0167. The van der Waals surface area contributed by atoms with Crippen LogP contribution in [0, 0.1) is 0 Å². The largest absolute Gasteiger partial charge is 0.506 e. The molecule has 6 rings (SSSR count). The first-order valence-corrected chi connectivity index (χ1v) is 13.8. The minimum atomic E-state index is -0.576. The van der Waals surface area contributed by atoms with Crippen LogP contribution in [0.25, 0.3) is 32.7 Å². The van der Waals surface area contributed by atoms with E-state index < -0.39 is 11.8 Å². The van der Waals surface area contributed by atoms with Gasteiger partial charge in [0.1, 0.15) is 23.0 Å². The molecule has 0 aromatic heterocycles. The van der Waals surface area contributed by atoms with Gasteiger partial charge in [-0.25, -0.2) is 0 Å².